The molecule has 0 radical (unpaired) electrons. The van der Waals surface area contributed by atoms with Crippen LogP contribution in [0.15, 0.2) is 51.9 Å². The summed E-state index contributed by atoms with van der Waals surface area (Å²) in [5, 5.41) is 0.712. The second-order valence-electron chi connectivity index (χ2n) is 7.31. The minimum Gasteiger partial charge on any atom is -0.490 e. The van der Waals surface area contributed by atoms with Crippen LogP contribution >= 0.6 is 11.3 Å². The number of nitrogens with zero attached hydrogens (tertiary/aromatic N) is 2. The molecule has 0 aliphatic carbocycles. The number of fused-ring (bicyclic) bond motifs is 2. The molecule has 35 heavy (non-hydrogen) atoms. The second-order valence-corrected chi connectivity index (χ2v) is 8.32. The van der Waals surface area contributed by atoms with Crippen LogP contribution in [0.2, 0.25) is 0 Å². The number of hydrogen-bond acceptors (Lipinski definition) is 8. The Morgan fingerprint density at radius 3 is 2.54 bits per heavy atom. The maximum atomic E-state index is 13.1. The zero-order valence-corrected chi connectivity index (χ0v) is 20.3. The fraction of sp³-hybridized carbons (Fsp3) is 0.280. The first kappa shape index (κ1) is 24.2. The smallest absolute Gasteiger partial charge is 0.338 e. The normalized spacial score (nSPS) is 11.7. The van der Waals surface area contributed by atoms with Crippen LogP contribution in [0.25, 0.3) is 21.2 Å². The largest absolute Gasteiger partial charge is 0.490 e. The Hall–Kier alpha value is -3.92. The van der Waals surface area contributed by atoms with Crippen molar-refractivity contribution in [3.8, 4) is 5.75 Å². The quantitative estimate of drug-likeness (QED) is 0.334. The van der Waals surface area contributed by atoms with E-state index in [4.69, 9.17) is 18.6 Å². The van der Waals surface area contributed by atoms with E-state index in [9.17, 15) is 14.4 Å². The van der Waals surface area contributed by atoms with Gasteiger partial charge < -0.3 is 23.2 Å². The monoisotopic (exact) mass is 496 g/mol. The van der Waals surface area contributed by atoms with Gasteiger partial charge in [-0.1, -0.05) is 23.5 Å². The van der Waals surface area contributed by atoms with Crippen LogP contribution in [0, 0.1) is 0 Å². The third-order valence-corrected chi connectivity index (χ3v) is 6.04. The fourth-order valence-electron chi connectivity index (χ4n) is 3.54. The number of furan rings is 1. The van der Waals surface area contributed by atoms with E-state index < -0.39 is 17.8 Å². The molecule has 0 saturated carbocycles. The Balaban J connectivity index is 1.79. The van der Waals surface area contributed by atoms with Gasteiger partial charge in [-0.05, 0) is 51.1 Å². The summed E-state index contributed by atoms with van der Waals surface area (Å²) in [5.41, 5.74) is 1.45. The average molecular weight is 497 g/mol. The Bertz CT molecular complexity index is 1480. The number of benzene rings is 2. The zero-order valence-electron chi connectivity index (χ0n) is 19.5. The number of esters is 2. The predicted octanol–water partition coefficient (Wildman–Crippen LogP) is 4.33. The molecule has 1 amide bonds. The van der Waals surface area contributed by atoms with Crippen LogP contribution in [0.4, 0.5) is 0 Å². The van der Waals surface area contributed by atoms with Crippen molar-refractivity contribution in [3.05, 3.63) is 58.6 Å². The maximum absolute atomic E-state index is 13.1. The summed E-state index contributed by atoms with van der Waals surface area (Å²) in [5.74, 6) is -0.963. The summed E-state index contributed by atoms with van der Waals surface area (Å²) >= 11 is 1.17. The van der Waals surface area contributed by atoms with Gasteiger partial charge in [0.25, 0.3) is 0 Å². The van der Waals surface area contributed by atoms with Gasteiger partial charge in [0.1, 0.15) is 6.54 Å². The Morgan fingerprint density at radius 2 is 1.80 bits per heavy atom. The van der Waals surface area contributed by atoms with Crippen molar-refractivity contribution in [1.82, 2.24) is 4.57 Å². The lowest BCUT2D eigenvalue weighted by molar-refractivity contribution is -0.143. The number of para-hydroxylation sites is 1. The van der Waals surface area contributed by atoms with Crippen LogP contribution in [0.3, 0.4) is 0 Å². The highest BCUT2D eigenvalue weighted by atomic mass is 32.1. The SMILES string of the molecule is CCOC(=O)Cn1c(=NC(=O)c2cc3cccc(OCC)c3o2)sc2cc(C(=O)OCC)ccc21. The first-order valence-electron chi connectivity index (χ1n) is 11.2. The number of thiazole rings is 1. The number of carbonyl (C=O) groups excluding carboxylic acids is 3. The summed E-state index contributed by atoms with van der Waals surface area (Å²) in [7, 11) is 0. The lowest BCUT2D eigenvalue weighted by Crippen LogP contribution is -2.23. The molecule has 2 aromatic heterocycles. The Morgan fingerprint density at radius 1 is 1.00 bits per heavy atom. The zero-order chi connectivity index (χ0) is 24.9. The maximum Gasteiger partial charge on any atom is 0.338 e. The van der Waals surface area contributed by atoms with Crippen molar-refractivity contribution < 1.29 is 33.0 Å². The predicted molar refractivity (Wildman–Crippen MR) is 130 cm³/mol. The highest BCUT2D eigenvalue weighted by Gasteiger charge is 2.18. The molecule has 0 atom stereocenters. The Labute approximate surface area is 204 Å². The summed E-state index contributed by atoms with van der Waals surface area (Å²) in [6, 6.07) is 11.9. The van der Waals surface area contributed by atoms with Gasteiger partial charge in [0.15, 0.2) is 21.9 Å². The molecule has 10 heteroatoms. The third kappa shape index (κ3) is 5.12. The van der Waals surface area contributed by atoms with E-state index in [0.29, 0.717) is 39.1 Å². The molecule has 9 nitrogen and oxygen atoms in total. The first-order chi connectivity index (χ1) is 16.9. The average Bonchev–Trinajstić information content (AvgIpc) is 3.42. The lowest BCUT2D eigenvalue weighted by atomic mass is 10.2. The fourth-order valence-corrected chi connectivity index (χ4v) is 4.61. The number of hydrogen-bond donors (Lipinski definition) is 0. The standard InChI is InChI=1S/C25H24N2O7S/c1-4-31-18-9-7-8-15-12-19(34-22(15)18)23(29)26-25-27(14-21(28)32-5-2)17-11-10-16(13-20(17)35-25)24(30)33-6-3/h7-13H,4-6,14H2,1-3H3. The highest BCUT2D eigenvalue weighted by molar-refractivity contribution is 7.16. The summed E-state index contributed by atoms with van der Waals surface area (Å²) in [6.45, 7) is 6.09. The molecule has 4 rings (SSSR count). The van der Waals surface area contributed by atoms with Gasteiger partial charge in [-0.25, -0.2) is 4.79 Å². The van der Waals surface area contributed by atoms with Gasteiger partial charge in [0, 0.05) is 5.39 Å². The van der Waals surface area contributed by atoms with Gasteiger partial charge in [-0.2, -0.15) is 4.99 Å². The van der Waals surface area contributed by atoms with E-state index in [2.05, 4.69) is 4.99 Å². The summed E-state index contributed by atoms with van der Waals surface area (Å²) in [6.07, 6.45) is 0. The first-order valence-corrected chi connectivity index (χ1v) is 12.0. The number of amides is 1. The van der Waals surface area contributed by atoms with Crippen molar-refractivity contribution in [2.45, 2.75) is 27.3 Å². The van der Waals surface area contributed by atoms with E-state index >= 15 is 0 Å². The van der Waals surface area contributed by atoms with Gasteiger partial charge in [0.2, 0.25) is 0 Å². The molecular weight excluding hydrogens is 472 g/mol. The van der Waals surface area contributed by atoms with Crippen molar-refractivity contribution in [2.75, 3.05) is 19.8 Å². The van der Waals surface area contributed by atoms with Gasteiger partial charge in [-0.15, -0.1) is 0 Å². The van der Waals surface area contributed by atoms with Crippen LogP contribution in [-0.4, -0.2) is 42.2 Å². The topological polar surface area (TPSA) is 109 Å². The minimum absolute atomic E-state index is 0.0412. The third-order valence-electron chi connectivity index (χ3n) is 5.00. The molecule has 2 aromatic carbocycles. The molecule has 2 heterocycles. The van der Waals surface area contributed by atoms with E-state index in [1.165, 1.54) is 11.3 Å². The van der Waals surface area contributed by atoms with Crippen LogP contribution in [0.1, 0.15) is 41.7 Å². The molecule has 0 saturated heterocycles. The van der Waals surface area contributed by atoms with E-state index in [1.807, 2.05) is 19.1 Å². The van der Waals surface area contributed by atoms with Crippen molar-refractivity contribution in [1.29, 1.82) is 0 Å². The van der Waals surface area contributed by atoms with Crippen LogP contribution in [-0.2, 0) is 20.8 Å². The molecule has 0 aliphatic heterocycles. The molecule has 0 fully saturated rings. The Kier molecular flexibility index (Phi) is 7.31. The molecule has 0 spiro atoms. The molecule has 182 valence electrons. The van der Waals surface area contributed by atoms with Crippen LogP contribution < -0.4 is 9.54 Å². The molecule has 0 aliphatic rings. The summed E-state index contributed by atoms with van der Waals surface area (Å²) in [4.78, 5) is 42.0. The lowest BCUT2D eigenvalue weighted by Gasteiger charge is -2.06. The van der Waals surface area contributed by atoms with Gasteiger partial charge in [0.05, 0.1) is 35.6 Å². The van der Waals surface area contributed by atoms with Crippen molar-refractivity contribution in [3.63, 3.8) is 0 Å². The van der Waals surface area contributed by atoms with E-state index in [-0.39, 0.29) is 30.3 Å². The molecule has 0 bridgehead atoms. The number of carbonyl (C=O) groups is 3. The van der Waals surface area contributed by atoms with E-state index in [0.717, 1.165) is 0 Å². The van der Waals surface area contributed by atoms with Crippen molar-refractivity contribution in [2.24, 2.45) is 4.99 Å². The van der Waals surface area contributed by atoms with Crippen LogP contribution in [0.5, 0.6) is 5.75 Å². The number of ether oxygens (including phenoxy) is 3. The highest BCUT2D eigenvalue weighted by Crippen LogP contribution is 2.29. The van der Waals surface area contributed by atoms with E-state index in [1.54, 1.807) is 48.7 Å². The molecule has 0 unspecified atom stereocenters. The number of rotatable bonds is 8. The molecule has 4 aromatic rings. The van der Waals surface area contributed by atoms with Crippen molar-refractivity contribution >= 4 is 50.4 Å². The minimum atomic E-state index is -0.613. The number of aromatic nitrogens is 1. The molecular formula is C25H24N2O7S. The van der Waals surface area contributed by atoms with Gasteiger partial charge in [-0.3, -0.25) is 9.59 Å². The second kappa shape index (κ2) is 10.6. The molecule has 0 N–H and O–H groups in total. The summed E-state index contributed by atoms with van der Waals surface area (Å²) < 4.78 is 23.8. The van der Waals surface area contributed by atoms with Gasteiger partial charge >= 0.3 is 17.8 Å².